The summed E-state index contributed by atoms with van der Waals surface area (Å²) in [6.45, 7) is 7.89. The maximum Gasteiger partial charge on any atom is 0.243 e. The predicted octanol–water partition coefficient (Wildman–Crippen LogP) is 2.47. The van der Waals surface area contributed by atoms with Crippen molar-refractivity contribution >= 4 is 55.1 Å². The van der Waals surface area contributed by atoms with Crippen molar-refractivity contribution in [2.75, 3.05) is 36.0 Å². The Balaban J connectivity index is 1.33. The largest absolute Gasteiger partial charge is 0.274 e. The lowest BCUT2D eigenvalue weighted by Gasteiger charge is -2.44. The van der Waals surface area contributed by atoms with E-state index in [1.807, 2.05) is 0 Å². The van der Waals surface area contributed by atoms with Crippen molar-refractivity contribution in [3.8, 4) is 0 Å². The number of hydrogen-bond donors (Lipinski definition) is 0. The zero-order valence-corrected chi connectivity index (χ0v) is 27.6. The number of nitrogens with zero attached hydrogens (tertiary/aromatic N) is 4. The summed E-state index contributed by atoms with van der Waals surface area (Å²) in [5.41, 5.74) is 0.236. The van der Waals surface area contributed by atoms with Gasteiger partial charge in [0.2, 0.25) is 43.7 Å². The number of anilines is 2. The third kappa shape index (κ3) is 4.52. The zero-order chi connectivity index (χ0) is 33.3. The first kappa shape index (κ1) is 32.2. The van der Waals surface area contributed by atoms with Crippen LogP contribution in [0.1, 0.15) is 27.7 Å². The number of hydrogen-bond acceptors (Lipinski definition) is 8. The highest BCUT2D eigenvalue weighted by Crippen LogP contribution is 2.58. The molecular formula is C32H36N4O8S2. The summed E-state index contributed by atoms with van der Waals surface area (Å²) in [4.78, 5) is 57.8. The summed E-state index contributed by atoms with van der Waals surface area (Å²) in [5, 5.41) is 0. The Hall–Kier alpha value is -3.72. The van der Waals surface area contributed by atoms with Crippen molar-refractivity contribution in [2.45, 2.75) is 37.5 Å². The van der Waals surface area contributed by atoms with Crippen LogP contribution >= 0.6 is 0 Å². The van der Waals surface area contributed by atoms with Gasteiger partial charge in [-0.3, -0.25) is 19.2 Å². The second kappa shape index (κ2) is 11.5. The minimum Gasteiger partial charge on any atom is -0.274 e. The van der Waals surface area contributed by atoms with Gasteiger partial charge >= 0.3 is 0 Å². The average molecular weight is 669 g/mol. The Kier molecular flexibility index (Phi) is 8.06. The third-order valence-electron chi connectivity index (χ3n) is 9.85. The van der Waals surface area contributed by atoms with Crippen LogP contribution in [-0.2, 0) is 39.2 Å². The van der Waals surface area contributed by atoms with Crippen LogP contribution in [0.15, 0.2) is 70.5 Å². The van der Waals surface area contributed by atoms with Crippen LogP contribution in [0.5, 0.6) is 0 Å². The van der Waals surface area contributed by atoms with Crippen molar-refractivity contribution in [3.05, 3.63) is 60.7 Å². The quantitative estimate of drug-likeness (QED) is 0.277. The van der Waals surface area contributed by atoms with Crippen molar-refractivity contribution in [2.24, 2.45) is 35.5 Å². The second-order valence-electron chi connectivity index (χ2n) is 11.8. The average Bonchev–Trinajstić information content (AvgIpc) is 3.48. The Morgan fingerprint density at radius 1 is 0.543 bits per heavy atom. The highest BCUT2D eigenvalue weighted by atomic mass is 32.2. The van der Waals surface area contributed by atoms with Crippen molar-refractivity contribution in [1.82, 2.24) is 8.61 Å². The van der Waals surface area contributed by atoms with Crippen LogP contribution in [0.25, 0.3) is 0 Å². The first-order valence-electron chi connectivity index (χ1n) is 15.5. The summed E-state index contributed by atoms with van der Waals surface area (Å²) in [6.07, 6.45) is 3.47. The number of imide groups is 2. The summed E-state index contributed by atoms with van der Waals surface area (Å²) < 4.78 is 55.3. The number of benzene rings is 2. The molecule has 46 heavy (non-hydrogen) atoms. The molecule has 2 bridgehead atoms. The van der Waals surface area contributed by atoms with Gasteiger partial charge in [0.05, 0.1) is 44.8 Å². The highest BCUT2D eigenvalue weighted by Gasteiger charge is 2.69. The molecule has 0 spiro atoms. The number of carbonyl (C=O) groups is 4. The van der Waals surface area contributed by atoms with Gasteiger partial charge in [-0.25, -0.2) is 26.6 Å². The Morgan fingerprint density at radius 3 is 1.13 bits per heavy atom. The number of rotatable bonds is 10. The van der Waals surface area contributed by atoms with Gasteiger partial charge in [0.15, 0.2) is 0 Å². The van der Waals surface area contributed by atoms with Gasteiger partial charge in [0.25, 0.3) is 0 Å². The lowest BCUT2D eigenvalue weighted by molar-refractivity contribution is -0.137. The summed E-state index contributed by atoms with van der Waals surface area (Å²) >= 11 is 0. The molecule has 3 aliphatic carbocycles. The van der Waals surface area contributed by atoms with Gasteiger partial charge < -0.3 is 0 Å². The van der Waals surface area contributed by atoms with Crippen molar-refractivity contribution < 1.29 is 36.0 Å². The molecule has 14 heteroatoms. The van der Waals surface area contributed by atoms with E-state index in [9.17, 15) is 36.0 Å². The molecule has 244 valence electrons. The van der Waals surface area contributed by atoms with Crippen LogP contribution in [0.3, 0.4) is 0 Å². The van der Waals surface area contributed by atoms with E-state index >= 15 is 0 Å². The first-order valence-corrected chi connectivity index (χ1v) is 18.4. The van der Waals surface area contributed by atoms with Gasteiger partial charge in [-0.1, -0.05) is 52.0 Å². The molecule has 5 aliphatic rings. The van der Waals surface area contributed by atoms with Gasteiger partial charge in [-0.05, 0) is 36.4 Å². The molecule has 2 aromatic rings. The Morgan fingerprint density at radius 2 is 0.848 bits per heavy atom. The summed E-state index contributed by atoms with van der Waals surface area (Å²) in [7, 11) is -7.73. The standard InChI is InChI=1S/C32H36N4O8S2/c1-5-33(6-2)45(41,42)21-13-9-11-19(17-21)35-29(37)25-23-15-16-24(26(25)30(35)38)28-27(23)31(39)36(32(28)40)20-12-10-14-22(18-20)46(43,44)34(7-3)8-4/h9-18,23-28H,5-8H2,1-4H3/t23?,24?,25-,26-,27-,28+/m0/s1. The van der Waals surface area contributed by atoms with Gasteiger partial charge in [-0.15, -0.1) is 0 Å². The molecule has 6 atom stereocenters. The van der Waals surface area contributed by atoms with E-state index in [0.29, 0.717) is 0 Å². The Bertz CT molecular complexity index is 1700. The van der Waals surface area contributed by atoms with Crippen molar-refractivity contribution in [3.63, 3.8) is 0 Å². The second-order valence-corrected chi connectivity index (χ2v) is 15.7. The maximum atomic E-state index is 14.0. The van der Waals surface area contributed by atoms with E-state index in [1.165, 1.54) is 57.1 Å². The third-order valence-corrected chi connectivity index (χ3v) is 13.9. The fourth-order valence-corrected chi connectivity index (χ4v) is 10.7. The SMILES string of the molecule is CCN(CC)S(=O)(=O)c1cccc(N2C(=O)[C@@H]3C4C=CC([C@@H]3C2=O)[C@@H]2C(=O)N(c3cccc(S(=O)(=O)N(CC)CC)c3)C(=O)[C@@H]42)c1. The van der Waals surface area contributed by atoms with E-state index in [-0.39, 0.29) is 47.3 Å². The molecule has 12 nitrogen and oxygen atoms in total. The van der Waals surface area contributed by atoms with E-state index in [1.54, 1.807) is 39.8 Å². The van der Waals surface area contributed by atoms with Gasteiger partial charge in [0.1, 0.15) is 0 Å². The van der Waals surface area contributed by atoms with Gasteiger partial charge in [0, 0.05) is 38.0 Å². The Labute approximate surface area is 268 Å². The van der Waals surface area contributed by atoms with Crippen LogP contribution in [0.2, 0.25) is 0 Å². The van der Waals surface area contributed by atoms with Crippen LogP contribution in [0, 0.1) is 35.5 Å². The maximum absolute atomic E-state index is 14.0. The lowest BCUT2D eigenvalue weighted by atomic mass is 9.54. The molecule has 2 aliphatic heterocycles. The predicted molar refractivity (Wildman–Crippen MR) is 168 cm³/mol. The molecule has 2 aromatic carbocycles. The molecule has 1 saturated carbocycles. The van der Waals surface area contributed by atoms with Crippen LogP contribution in [0.4, 0.5) is 11.4 Å². The molecule has 2 saturated heterocycles. The van der Waals surface area contributed by atoms with E-state index in [0.717, 1.165) is 9.80 Å². The molecule has 7 rings (SSSR count). The molecule has 2 heterocycles. The number of carbonyl (C=O) groups excluding carboxylic acids is 4. The highest BCUT2D eigenvalue weighted by molar-refractivity contribution is 7.89. The van der Waals surface area contributed by atoms with E-state index < -0.39 is 79.2 Å². The zero-order valence-electron chi connectivity index (χ0n) is 25.9. The molecule has 2 unspecified atom stereocenters. The van der Waals surface area contributed by atoms with Crippen molar-refractivity contribution in [1.29, 1.82) is 0 Å². The molecular weight excluding hydrogens is 633 g/mol. The fraction of sp³-hybridized carbons (Fsp3) is 0.438. The fourth-order valence-electron chi connectivity index (χ4n) is 7.73. The first-order chi connectivity index (χ1) is 21.8. The minimum atomic E-state index is -3.87. The topological polar surface area (TPSA) is 150 Å². The minimum absolute atomic E-state index is 0.0478. The molecule has 3 fully saturated rings. The molecule has 0 N–H and O–H groups in total. The van der Waals surface area contributed by atoms with Gasteiger partial charge in [-0.2, -0.15) is 8.61 Å². The molecule has 4 amide bonds. The normalized spacial score (nSPS) is 27.3. The number of sulfonamides is 2. The lowest BCUT2D eigenvalue weighted by Crippen LogP contribution is -2.50. The monoisotopic (exact) mass is 668 g/mol. The van der Waals surface area contributed by atoms with Crippen LogP contribution in [-0.4, -0.2) is 75.3 Å². The van der Waals surface area contributed by atoms with Crippen LogP contribution < -0.4 is 9.80 Å². The van der Waals surface area contributed by atoms with E-state index in [2.05, 4.69) is 0 Å². The molecule has 0 radical (unpaired) electrons. The number of amides is 4. The summed E-state index contributed by atoms with van der Waals surface area (Å²) in [6, 6.07) is 11.4. The molecule has 0 aromatic heterocycles. The smallest absolute Gasteiger partial charge is 0.243 e. The number of allylic oxidation sites excluding steroid dienone is 2. The summed E-state index contributed by atoms with van der Waals surface area (Å²) in [5.74, 6) is -7.28. The van der Waals surface area contributed by atoms with E-state index in [4.69, 9.17) is 0 Å².